The zero-order valence-corrected chi connectivity index (χ0v) is 22.4. The van der Waals surface area contributed by atoms with Crippen LogP contribution < -0.4 is 14.2 Å². The zero-order chi connectivity index (χ0) is 28.0. The highest BCUT2D eigenvalue weighted by molar-refractivity contribution is 6.27. The van der Waals surface area contributed by atoms with E-state index in [1.54, 1.807) is 7.11 Å². The maximum absolute atomic E-state index is 9.10. The van der Waals surface area contributed by atoms with Crippen LogP contribution in [0.15, 0.2) is 72.8 Å². The normalized spacial score (nSPS) is 13.6. The van der Waals surface area contributed by atoms with Gasteiger partial charge in [-0.2, -0.15) is 0 Å². The number of rotatable bonds is 10. The third-order valence-electron chi connectivity index (χ3n) is 6.16. The molecule has 9 nitrogen and oxygen atoms in total. The third-order valence-corrected chi connectivity index (χ3v) is 6.16. The van der Waals surface area contributed by atoms with Crippen molar-refractivity contribution in [1.82, 2.24) is 9.80 Å². The van der Waals surface area contributed by atoms with Crippen LogP contribution in [0.1, 0.15) is 23.6 Å². The highest BCUT2D eigenvalue weighted by atomic mass is 16.5. The molecule has 2 N–H and O–H groups in total. The molecule has 3 aromatic carbocycles. The Hall–Kier alpha value is -4.08. The number of hydrogen-bond acceptors (Lipinski definition) is 7. The summed E-state index contributed by atoms with van der Waals surface area (Å²) in [5, 5.41) is 14.8. The smallest absolute Gasteiger partial charge is 0.414 e. The fourth-order valence-electron chi connectivity index (χ4n) is 4.15. The number of hydrogen-bond donors (Lipinski definition) is 2. The van der Waals surface area contributed by atoms with E-state index in [4.69, 9.17) is 34.0 Å². The third kappa shape index (κ3) is 9.96. The molecule has 4 rings (SSSR count). The minimum Gasteiger partial charge on any atom is -0.494 e. The summed E-state index contributed by atoms with van der Waals surface area (Å²) in [6, 6.07) is 25.0. The number of ether oxygens (including phenoxy) is 3. The number of benzene rings is 3. The number of aliphatic carboxylic acids is 2. The summed E-state index contributed by atoms with van der Waals surface area (Å²) in [6.45, 7) is 9.41. The number of nitrogens with zero attached hydrogens (tertiary/aromatic N) is 2. The summed E-state index contributed by atoms with van der Waals surface area (Å²) in [6.07, 6.45) is 0. The summed E-state index contributed by atoms with van der Waals surface area (Å²) >= 11 is 0. The van der Waals surface area contributed by atoms with Gasteiger partial charge < -0.3 is 24.4 Å². The predicted molar refractivity (Wildman–Crippen MR) is 147 cm³/mol. The molecule has 0 radical (unpaired) electrons. The molecule has 208 valence electrons. The molecule has 0 saturated carbocycles. The lowest BCUT2D eigenvalue weighted by molar-refractivity contribution is -0.159. The second-order valence-electron chi connectivity index (χ2n) is 9.00. The second-order valence-corrected chi connectivity index (χ2v) is 9.00. The largest absolute Gasteiger partial charge is 0.494 e. The first-order valence-corrected chi connectivity index (χ1v) is 12.8. The van der Waals surface area contributed by atoms with Crippen molar-refractivity contribution in [1.29, 1.82) is 0 Å². The van der Waals surface area contributed by atoms with Crippen LogP contribution in [0.5, 0.6) is 17.2 Å². The molecule has 1 aliphatic rings. The Morgan fingerprint density at radius 3 is 1.82 bits per heavy atom. The van der Waals surface area contributed by atoms with Crippen LogP contribution in [0.4, 0.5) is 0 Å². The average Bonchev–Trinajstić information content (AvgIpc) is 2.95. The number of methoxy groups -OCH3 is 1. The van der Waals surface area contributed by atoms with Crippen molar-refractivity contribution in [2.24, 2.45) is 0 Å². The van der Waals surface area contributed by atoms with Crippen LogP contribution in [0, 0.1) is 0 Å². The van der Waals surface area contributed by atoms with Gasteiger partial charge in [-0.1, -0.05) is 48.5 Å². The van der Waals surface area contributed by atoms with Crippen LogP contribution in [0.3, 0.4) is 0 Å². The van der Waals surface area contributed by atoms with Gasteiger partial charge in [-0.3, -0.25) is 9.80 Å². The first-order chi connectivity index (χ1) is 18.9. The molecule has 1 fully saturated rings. The molecular formula is C30H36N2O7. The summed E-state index contributed by atoms with van der Waals surface area (Å²) in [4.78, 5) is 23.2. The molecule has 39 heavy (non-hydrogen) atoms. The quantitative estimate of drug-likeness (QED) is 0.370. The Bertz CT molecular complexity index is 1170. The molecule has 1 heterocycles. The Balaban J connectivity index is 0.000000631. The van der Waals surface area contributed by atoms with Gasteiger partial charge in [0.2, 0.25) is 0 Å². The first-order valence-electron chi connectivity index (χ1n) is 12.8. The van der Waals surface area contributed by atoms with Crippen LogP contribution >= 0.6 is 0 Å². The van der Waals surface area contributed by atoms with E-state index in [2.05, 4.69) is 58.3 Å². The fraction of sp³-hybridized carbons (Fsp3) is 0.333. The molecule has 0 bridgehead atoms. The van der Waals surface area contributed by atoms with Crippen LogP contribution in [-0.4, -0.2) is 71.8 Å². The molecule has 0 atom stereocenters. The van der Waals surface area contributed by atoms with Crippen molar-refractivity contribution in [2.75, 3.05) is 39.9 Å². The highest BCUT2D eigenvalue weighted by Gasteiger charge is 2.18. The van der Waals surface area contributed by atoms with Crippen molar-refractivity contribution in [3.63, 3.8) is 0 Å². The van der Waals surface area contributed by atoms with E-state index in [0.717, 1.165) is 62.1 Å². The van der Waals surface area contributed by atoms with E-state index in [1.807, 2.05) is 31.2 Å². The van der Waals surface area contributed by atoms with Crippen molar-refractivity contribution < 1.29 is 34.0 Å². The first kappa shape index (κ1) is 29.5. The number of piperazine rings is 1. The van der Waals surface area contributed by atoms with E-state index in [9.17, 15) is 0 Å². The van der Waals surface area contributed by atoms with Gasteiger partial charge in [0, 0.05) is 39.3 Å². The molecule has 0 amide bonds. The zero-order valence-electron chi connectivity index (χ0n) is 22.4. The molecule has 1 saturated heterocycles. The van der Waals surface area contributed by atoms with Gasteiger partial charge in [-0.05, 0) is 47.9 Å². The molecular weight excluding hydrogens is 500 g/mol. The predicted octanol–water partition coefficient (Wildman–Crippen LogP) is 4.15. The fourth-order valence-corrected chi connectivity index (χ4v) is 4.15. The summed E-state index contributed by atoms with van der Waals surface area (Å²) in [5.74, 6) is -1.13. The molecule has 0 unspecified atom stereocenters. The maximum atomic E-state index is 9.10. The number of carboxylic acids is 2. The molecule has 0 spiro atoms. The lowest BCUT2D eigenvalue weighted by Crippen LogP contribution is -2.45. The lowest BCUT2D eigenvalue weighted by atomic mass is 10.1. The van der Waals surface area contributed by atoms with Gasteiger partial charge in [0.15, 0.2) is 11.5 Å². The van der Waals surface area contributed by atoms with E-state index >= 15 is 0 Å². The van der Waals surface area contributed by atoms with Crippen molar-refractivity contribution in [3.8, 4) is 17.2 Å². The van der Waals surface area contributed by atoms with Gasteiger partial charge in [0.1, 0.15) is 12.4 Å². The van der Waals surface area contributed by atoms with Gasteiger partial charge >= 0.3 is 11.9 Å². The topological polar surface area (TPSA) is 109 Å². The minimum atomic E-state index is -1.82. The molecule has 9 heteroatoms. The summed E-state index contributed by atoms with van der Waals surface area (Å²) < 4.78 is 17.2. The standard InChI is InChI=1S/C28H34N2O3.C2H2O4/c1-3-32-26-12-9-23(10-13-26)20-29-15-17-30(18-16-29)21-25-11-14-27(31-2)28(19-25)33-22-24-7-5-4-6-8-24;3-1(4)2(5)6/h4-14,19H,3,15-18,20-22H2,1-2H3;(H,3,4)(H,5,6). The maximum Gasteiger partial charge on any atom is 0.414 e. The van der Waals surface area contributed by atoms with Crippen molar-refractivity contribution in [2.45, 2.75) is 26.6 Å². The molecule has 3 aromatic rings. The van der Waals surface area contributed by atoms with E-state index in [-0.39, 0.29) is 0 Å². The Morgan fingerprint density at radius 1 is 0.718 bits per heavy atom. The average molecular weight is 537 g/mol. The van der Waals surface area contributed by atoms with E-state index in [1.165, 1.54) is 11.1 Å². The minimum absolute atomic E-state index is 0.533. The molecule has 1 aliphatic heterocycles. The van der Waals surface area contributed by atoms with Gasteiger partial charge in [0.05, 0.1) is 13.7 Å². The number of carboxylic acid groups (broad SMARTS) is 2. The summed E-state index contributed by atoms with van der Waals surface area (Å²) in [5.41, 5.74) is 3.73. The van der Waals surface area contributed by atoms with E-state index < -0.39 is 11.9 Å². The molecule has 0 aliphatic carbocycles. The Kier molecular flexibility index (Phi) is 11.6. The Labute approximate surface area is 229 Å². The van der Waals surface area contributed by atoms with Crippen LogP contribution in [-0.2, 0) is 29.3 Å². The van der Waals surface area contributed by atoms with Crippen LogP contribution in [0.25, 0.3) is 0 Å². The summed E-state index contributed by atoms with van der Waals surface area (Å²) in [7, 11) is 1.69. The van der Waals surface area contributed by atoms with Gasteiger partial charge in [-0.15, -0.1) is 0 Å². The highest BCUT2D eigenvalue weighted by Crippen LogP contribution is 2.29. The molecule has 0 aromatic heterocycles. The lowest BCUT2D eigenvalue weighted by Gasteiger charge is -2.34. The van der Waals surface area contributed by atoms with Crippen molar-refractivity contribution in [3.05, 3.63) is 89.5 Å². The van der Waals surface area contributed by atoms with Gasteiger partial charge in [0.25, 0.3) is 0 Å². The number of carbonyl (C=O) groups is 2. The van der Waals surface area contributed by atoms with E-state index in [0.29, 0.717) is 13.2 Å². The SMILES string of the molecule is CCOc1ccc(CN2CCN(Cc3ccc(OC)c(OCc4ccccc4)c3)CC2)cc1.O=C(O)C(=O)O. The van der Waals surface area contributed by atoms with Crippen LogP contribution in [0.2, 0.25) is 0 Å². The second kappa shape index (κ2) is 15.4. The van der Waals surface area contributed by atoms with Gasteiger partial charge in [-0.25, -0.2) is 9.59 Å². The van der Waals surface area contributed by atoms with Crippen molar-refractivity contribution >= 4 is 11.9 Å². The Morgan fingerprint density at radius 2 is 1.28 bits per heavy atom. The monoisotopic (exact) mass is 536 g/mol.